The predicted octanol–water partition coefficient (Wildman–Crippen LogP) is 3.52. The molecule has 2 nitrogen and oxygen atoms in total. The first-order valence-electron chi connectivity index (χ1n) is 6.90. The van der Waals surface area contributed by atoms with E-state index in [-0.39, 0.29) is 0 Å². The summed E-state index contributed by atoms with van der Waals surface area (Å²) in [5.41, 5.74) is 1.26. The van der Waals surface area contributed by atoms with Crippen molar-refractivity contribution in [3.63, 3.8) is 0 Å². The van der Waals surface area contributed by atoms with Crippen molar-refractivity contribution in [3.05, 3.63) is 34.9 Å². The van der Waals surface area contributed by atoms with Gasteiger partial charge in [-0.25, -0.2) is 0 Å². The third-order valence-electron chi connectivity index (χ3n) is 3.68. The molecular formula is C15H23ClN2. The molecule has 2 N–H and O–H groups in total. The second-order valence-corrected chi connectivity index (χ2v) is 5.81. The SMILES string of the molecule is CC(CC1CCCN1)N[C@H](C)c1cccc(Cl)c1. The van der Waals surface area contributed by atoms with E-state index < -0.39 is 0 Å². The van der Waals surface area contributed by atoms with Crippen LogP contribution in [0.3, 0.4) is 0 Å². The minimum Gasteiger partial charge on any atom is -0.314 e. The maximum absolute atomic E-state index is 6.03. The summed E-state index contributed by atoms with van der Waals surface area (Å²) in [5.74, 6) is 0. The van der Waals surface area contributed by atoms with Crippen molar-refractivity contribution in [2.45, 2.75) is 51.2 Å². The van der Waals surface area contributed by atoms with Crippen LogP contribution in [0.25, 0.3) is 0 Å². The summed E-state index contributed by atoms with van der Waals surface area (Å²) in [4.78, 5) is 0. The van der Waals surface area contributed by atoms with Gasteiger partial charge in [-0.15, -0.1) is 0 Å². The highest BCUT2D eigenvalue weighted by molar-refractivity contribution is 6.30. The molecule has 1 aliphatic rings. The van der Waals surface area contributed by atoms with Crippen molar-refractivity contribution in [1.29, 1.82) is 0 Å². The average molecular weight is 267 g/mol. The fraction of sp³-hybridized carbons (Fsp3) is 0.600. The smallest absolute Gasteiger partial charge is 0.0409 e. The lowest BCUT2D eigenvalue weighted by molar-refractivity contribution is 0.407. The molecule has 0 aromatic heterocycles. The normalized spacial score (nSPS) is 22.9. The van der Waals surface area contributed by atoms with Crippen molar-refractivity contribution in [1.82, 2.24) is 10.6 Å². The fourth-order valence-corrected chi connectivity index (χ4v) is 2.95. The molecule has 1 heterocycles. The summed E-state index contributed by atoms with van der Waals surface area (Å²) in [7, 11) is 0. The van der Waals surface area contributed by atoms with E-state index in [1.165, 1.54) is 31.4 Å². The van der Waals surface area contributed by atoms with Crippen molar-refractivity contribution in [2.24, 2.45) is 0 Å². The van der Waals surface area contributed by atoms with Gasteiger partial charge in [-0.1, -0.05) is 23.7 Å². The van der Waals surface area contributed by atoms with Crippen LogP contribution in [0, 0.1) is 0 Å². The Hall–Kier alpha value is -0.570. The summed E-state index contributed by atoms with van der Waals surface area (Å²) in [6, 6.07) is 9.67. The van der Waals surface area contributed by atoms with E-state index in [0.717, 1.165) is 5.02 Å². The average Bonchev–Trinajstić information content (AvgIpc) is 2.81. The zero-order valence-corrected chi connectivity index (χ0v) is 12.0. The highest BCUT2D eigenvalue weighted by atomic mass is 35.5. The Morgan fingerprint density at radius 1 is 1.44 bits per heavy atom. The van der Waals surface area contributed by atoms with Gasteiger partial charge in [0.2, 0.25) is 0 Å². The molecule has 0 radical (unpaired) electrons. The number of hydrogen-bond donors (Lipinski definition) is 2. The first kappa shape index (κ1) is 13.9. The molecule has 3 heteroatoms. The van der Waals surface area contributed by atoms with E-state index >= 15 is 0 Å². The Morgan fingerprint density at radius 3 is 2.94 bits per heavy atom. The zero-order chi connectivity index (χ0) is 13.0. The van der Waals surface area contributed by atoms with E-state index in [9.17, 15) is 0 Å². The summed E-state index contributed by atoms with van der Waals surface area (Å²) < 4.78 is 0. The minimum atomic E-state index is 0.347. The highest BCUT2D eigenvalue weighted by Gasteiger charge is 2.18. The van der Waals surface area contributed by atoms with Crippen LogP contribution in [-0.2, 0) is 0 Å². The largest absolute Gasteiger partial charge is 0.314 e. The van der Waals surface area contributed by atoms with Crippen LogP contribution in [0.2, 0.25) is 5.02 Å². The maximum atomic E-state index is 6.03. The molecule has 0 aliphatic carbocycles. The summed E-state index contributed by atoms with van der Waals surface area (Å²) in [5, 5.41) is 8.01. The van der Waals surface area contributed by atoms with Crippen LogP contribution < -0.4 is 10.6 Å². The molecule has 100 valence electrons. The fourth-order valence-electron chi connectivity index (χ4n) is 2.75. The van der Waals surface area contributed by atoms with Gasteiger partial charge in [0.1, 0.15) is 0 Å². The van der Waals surface area contributed by atoms with Gasteiger partial charge >= 0.3 is 0 Å². The molecule has 1 aromatic rings. The number of hydrogen-bond acceptors (Lipinski definition) is 2. The quantitative estimate of drug-likeness (QED) is 0.852. The van der Waals surface area contributed by atoms with Crippen molar-refractivity contribution >= 4 is 11.6 Å². The Bertz CT molecular complexity index is 375. The Balaban J connectivity index is 1.84. The molecule has 0 bridgehead atoms. The second kappa shape index (κ2) is 6.55. The first-order chi connectivity index (χ1) is 8.65. The van der Waals surface area contributed by atoms with Crippen LogP contribution in [0.1, 0.15) is 44.7 Å². The first-order valence-corrected chi connectivity index (χ1v) is 7.28. The molecule has 0 spiro atoms. The van der Waals surface area contributed by atoms with Crippen LogP contribution in [-0.4, -0.2) is 18.6 Å². The second-order valence-electron chi connectivity index (χ2n) is 5.37. The third kappa shape index (κ3) is 3.98. The van der Waals surface area contributed by atoms with E-state index in [2.05, 4.69) is 30.5 Å². The molecule has 2 unspecified atom stereocenters. The highest BCUT2D eigenvalue weighted by Crippen LogP contribution is 2.19. The molecule has 1 fully saturated rings. The molecule has 0 amide bonds. The molecular weight excluding hydrogens is 244 g/mol. The summed E-state index contributed by atoms with van der Waals surface area (Å²) in [6.45, 7) is 5.65. The number of benzene rings is 1. The lowest BCUT2D eigenvalue weighted by Gasteiger charge is -2.23. The molecule has 18 heavy (non-hydrogen) atoms. The molecule has 1 aromatic carbocycles. The predicted molar refractivity (Wildman–Crippen MR) is 78.1 cm³/mol. The lowest BCUT2D eigenvalue weighted by atomic mass is 10.0. The Labute approximate surface area is 115 Å². The van der Waals surface area contributed by atoms with Crippen LogP contribution in [0.5, 0.6) is 0 Å². The van der Waals surface area contributed by atoms with Gasteiger partial charge in [0, 0.05) is 23.1 Å². The summed E-state index contributed by atoms with van der Waals surface area (Å²) in [6.07, 6.45) is 3.84. The Kier molecular flexibility index (Phi) is 5.04. The monoisotopic (exact) mass is 266 g/mol. The van der Waals surface area contributed by atoms with Gasteiger partial charge in [0.25, 0.3) is 0 Å². The van der Waals surface area contributed by atoms with Gasteiger partial charge in [0.05, 0.1) is 0 Å². The molecule has 3 atom stereocenters. The third-order valence-corrected chi connectivity index (χ3v) is 3.92. The van der Waals surface area contributed by atoms with E-state index in [1.807, 2.05) is 18.2 Å². The van der Waals surface area contributed by atoms with Crippen molar-refractivity contribution in [2.75, 3.05) is 6.54 Å². The molecule has 0 saturated carbocycles. The van der Waals surface area contributed by atoms with Crippen LogP contribution >= 0.6 is 11.6 Å². The lowest BCUT2D eigenvalue weighted by Crippen LogP contribution is -2.35. The van der Waals surface area contributed by atoms with Gasteiger partial charge in [-0.3, -0.25) is 0 Å². The van der Waals surface area contributed by atoms with Crippen LogP contribution in [0.15, 0.2) is 24.3 Å². The molecule has 1 saturated heterocycles. The topological polar surface area (TPSA) is 24.1 Å². The van der Waals surface area contributed by atoms with E-state index in [4.69, 9.17) is 11.6 Å². The number of rotatable bonds is 5. The molecule has 2 rings (SSSR count). The van der Waals surface area contributed by atoms with E-state index in [1.54, 1.807) is 0 Å². The number of halogens is 1. The molecule has 1 aliphatic heterocycles. The Morgan fingerprint density at radius 2 is 2.28 bits per heavy atom. The number of nitrogens with one attached hydrogen (secondary N) is 2. The van der Waals surface area contributed by atoms with Crippen molar-refractivity contribution in [3.8, 4) is 0 Å². The summed E-state index contributed by atoms with van der Waals surface area (Å²) >= 11 is 6.03. The van der Waals surface area contributed by atoms with Gasteiger partial charge < -0.3 is 10.6 Å². The van der Waals surface area contributed by atoms with Crippen molar-refractivity contribution < 1.29 is 0 Å². The standard InChI is InChI=1S/C15H23ClN2/c1-11(9-15-7-4-8-17-15)18-12(2)13-5-3-6-14(16)10-13/h3,5-6,10-12,15,17-18H,4,7-9H2,1-2H3/t11?,12-,15?/m1/s1. The van der Waals surface area contributed by atoms with Gasteiger partial charge in [0.15, 0.2) is 0 Å². The minimum absolute atomic E-state index is 0.347. The van der Waals surface area contributed by atoms with E-state index in [0.29, 0.717) is 18.1 Å². The van der Waals surface area contributed by atoms with Crippen LogP contribution in [0.4, 0.5) is 0 Å². The maximum Gasteiger partial charge on any atom is 0.0409 e. The van der Waals surface area contributed by atoms with Gasteiger partial charge in [-0.2, -0.15) is 0 Å². The zero-order valence-electron chi connectivity index (χ0n) is 11.2. The van der Waals surface area contributed by atoms with Gasteiger partial charge in [-0.05, 0) is 57.4 Å².